The van der Waals surface area contributed by atoms with E-state index in [4.69, 9.17) is 12.8 Å². The van der Waals surface area contributed by atoms with Gasteiger partial charge in [0.2, 0.25) is 0 Å². The Morgan fingerprint density at radius 1 is 0.304 bits per heavy atom. The number of hydrogen-bond acceptors (Lipinski definition) is 0. The van der Waals surface area contributed by atoms with E-state index in [2.05, 4.69) is 157 Å². The highest BCUT2D eigenvalue weighted by Gasteiger charge is 2.19. The Kier molecular flexibility index (Phi) is 5.73. The summed E-state index contributed by atoms with van der Waals surface area (Å²) in [5.41, 5.74) is 5.97. The van der Waals surface area contributed by atoms with Crippen LogP contribution in [0.1, 0.15) is 11.1 Å². The highest BCUT2D eigenvalue weighted by atomic mass is 14.2. The third kappa shape index (κ3) is 3.99. The Balaban J connectivity index is 1.36. The van der Waals surface area contributed by atoms with Crippen LogP contribution in [0, 0.1) is 24.7 Å². The van der Waals surface area contributed by atoms with Gasteiger partial charge in [0.25, 0.3) is 0 Å². The van der Waals surface area contributed by atoms with E-state index in [-0.39, 0.29) is 0 Å². The molecule has 9 aromatic carbocycles. The van der Waals surface area contributed by atoms with Crippen molar-refractivity contribution in [1.82, 2.24) is 0 Å². The average molecular weight is 579 g/mol. The van der Waals surface area contributed by atoms with Crippen LogP contribution in [0.25, 0.3) is 86.9 Å². The molecule has 0 aliphatic carbocycles. The highest BCUT2D eigenvalue weighted by molar-refractivity contribution is 6.14. The molecule has 0 spiro atoms. The second kappa shape index (κ2) is 10.1. The summed E-state index contributed by atoms with van der Waals surface area (Å²) in [7, 11) is 0. The van der Waals surface area contributed by atoms with Crippen molar-refractivity contribution in [2.45, 2.75) is 0 Å². The predicted octanol–water partition coefficient (Wildman–Crippen LogP) is 11.9. The van der Waals surface area contributed by atoms with Gasteiger partial charge in [0.15, 0.2) is 0 Å². The fourth-order valence-electron chi connectivity index (χ4n) is 7.27. The topological polar surface area (TPSA) is 0 Å². The molecule has 210 valence electrons. The van der Waals surface area contributed by atoms with E-state index in [0.717, 1.165) is 54.9 Å². The van der Waals surface area contributed by atoms with Gasteiger partial charge in [-0.15, -0.1) is 12.8 Å². The normalized spacial score (nSPS) is 11.4. The van der Waals surface area contributed by atoms with Crippen molar-refractivity contribution in [3.05, 3.63) is 157 Å². The molecule has 0 bridgehead atoms. The Bertz CT molecular complexity index is 2620. The number of benzene rings is 9. The third-order valence-corrected chi connectivity index (χ3v) is 9.46. The molecule has 0 heteroatoms. The maximum absolute atomic E-state index is 6.23. The van der Waals surface area contributed by atoms with Gasteiger partial charge in [-0.25, -0.2) is 0 Å². The Morgan fingerprint density at radius 3 is 1.00 bits per heavy atom. The maximum atomic E-state index is 6.23. The van der Waals surface area contributed by atoms with Crippen LogP contribution in [-0.4, -0.2) is 0 Å². The first-order valence-electron chi connectivity index (χ1n) is 15.5. The summed E-state index contributed by atoms with van der Waals surface area (Å²) < 4.78 is 0. The molecule has 0 aliphatic rings. The maximum Gasteiger partial charge on any atom is 0.0327 e. The number of hydrogen-bond donors (Lipinski definition) is 0. The summed E-state index contributed by atoms with van der Waals surface area (Å²) in [6.07, 6.45) is 12.5. The van der Waals surface area contributed by atoms with Crippen LogP contribution in [-0.2, 0) is 0 Å². The standard InChI is InChI=1S/C46H26/c1-3-29-17-19-35-25-37-21-31-11-5-7-13-33(31)23-39(37)27-43(35)45(29)41-15-9-10-16-42(41)46-30(4-2)18-20-36-26-38-22-32-12-6-8-14-34(32)24-40(38)28-44(36)46/h1-2,5-28H. The molecule has 0 amide bonds. The van der Waals surface area contributed by atoms with Crippen molar-refractivity contribution in [3.8, 4) is 46.9 Å². The average Bonchev–Trinajstić information content (AvgIpc) is 3.10. The quantitative estimate of drug-likeness (QED) is 0.141. The lowest BCUT2D eigenvalue weighted by molar-refractivity contribution is 1.59. The molecule has 0 N–H and O–H groups in total. The minimum Gasteiger partial charge on any atom is -0.115 e. The van der Waals surface area contributed by atoms with Crippen molar-refractivity contribution >= 4 is 64.6 Å². The van der Waals surface area contributed by atoms with Crippen LogP contribution in [0.2, 0.25) is 0 Å². The monoisotopic (exact) mass is 578 g/mol. The van der Waals surface area contributed by atoms with Crippen LogP contribution in [0.15, 0.2) is 146 Å². The van der Waals surface area contributed by atoms with E-state index in [0.29, 0.717) is 0 Å². The zero-order chi connectivity index (χ0) is 30.8. The Hall–Kier alpha value is -6.34. The van der Waals surface area contributed by atoms with Crippen molar-refractivity contribution < 1.29 is 0 Å². The zero-order valence-corrected chi connectivity index (χ0v) is 25.0. The van der Waals surface area contributed by atoms with Gasteiger partial charge in [-0.1, -0.05) is 96.8 Å². The zero-order valence-electron chi connectivity index (χ0n) is 25.0. The molecule has 9 rings (SSSR count). The summed E-state index contributed by atoms with van der Waals surface area (Å²) in [4.78, 5) is 0. The van der Waals surface area contributed by atoms with Crippen LogP contribution >= 0.6 is 0 Å². The first kappa shape index (κ1) is 26.1. The predicted molar refractivity (Wildman–Crippen MR) is 198 cm³/mol. The van der Waals surface area contributed by atoms with Crippen LogP contribution in [0.4, 0.5) is 0 Å². The molecular formula is C46H26. The van der Waals surface area contributed by atoms with Gasteiger partial charge >= 0.3 is 0 Å². The van der Waals surface area contributed by atoms with Gasteiger partial charge in [0, 0.05) is 22.3 Å². The fourth-order valence-corrected chi connectivity index (χ4v) is 7.27. The molecule has 0 atom stereocenters. The third-order valence-electron chi connectivity index (χ3n) is 9.46. The van der Waals surface area contributed by atoms with E-state index in [1.54, 1.807) is 0 Å². The Morgan fingerprint density at radius 2 is 0.630 bits per heavy atom. The lowest BCUT2D eigenvalue weighted by atomic mass is 9.84. The van der Waals surface area contributed by atoms with E-state index in [9.17, 15) is 0 Å². The van der Waals surface area contributed by atoms with Gasteiger partial charge in [0.1, 0.15) is 0 Å². The largest absolute Gasteiger partial charge is 0.115 e. The molecule has 9 aromatic rings. The summed E-state index contributed by atoms with van der Waals surface area (Å²) in [6, 6.07) is 52.3. The minimum absolute atomic E-state index is 0.861. The van der Waals surface area contributed by atoms with Crippen molar-refractivity contribution in [2.75, 3.05) is 0 Å². The van der Waals surface area contributed by atoms with Gasteiger partial charge in [0.05, 0.1) is 0 Å². The van der Waals surface area contributed by atoms with Crippen LogP contribution in [0.5, 0.6) is 0 Å². The second-order valence-electron chi connectivity index (χ2n) is 12.1. The highest BCUT2D eigenvalue weighted by Crippen LogP contribution is 2.44. The number of terminal acetylenes is 2. The lowest BCUT2D eigenvalue weighted by Crippen LogP contribution is -1.94. The molecule has 0 fully saturated rings. The molecule has 0 nitrogen and oxygen atoms in total. The second-order valence-corrected chi connectivity index (χ2v) is 12.1. The smallest absolute Gasteiger partial charge is 0.0327 e. The van der Waals surface area contributed by atoms with E-state index >= 15 is 0 Å². The summed E-state index contributed by atoms with van der Waals surface area (Å²) in [5.74, 6) is 6.02. The number of rotatable bonds is 2. The van der Waals surface area contributed by atoms with Gasteiger partial charge < -0.3 is 0 Å². The first-order valence-corrected chi connectivity index (χ1v) is 15.5. The molecule has 0 aromatic heterocycles. The van der Waals surface area contributed by atoms with E-state index in [1.165, 1.54) is 43.1 Å². The van der Waals surface area contributed by atoms with Crippen LogP contribution in [0.3, 0.4) is 0 Å². The molecule has 0 unspecified atom stereocenters. The van der Waals surface area contributed by atoms with Crippen molar-refractivity contribution in [3.63, 3.8) is 0 Å². The minimum atomic E-state index is 0.861. The lowest BCUT2D eigenvalue weighted by Gasteiger charge is -2.18. The van der Waals surface area contributed by atoms with Gasteiger partial charge in [-0.2, -0.15) is 0 Å². The summed E-state index contributed by atoms with van der Waals surface area (Å²) >= 11 is 0. The van der Waals surface area contributed by atoms with E-state index in [1.807, 2.05) is 0 Å². The van der Waals surface area contributed by atoms with Crippen LogP contribution < -0.4 is 0 Å². The van der Waals surface area contributed by atoms with Gasteiger partial charge in [-0.3, -0.25) is 0 Å². The van der Waals surface area contributed by atoms with E-state index < -0.39 is 0 Å². The molecule has 0 saturated carbocycles. The SMILES string of the molecule is C#Cc1ccc2cc3cc4ccccc4cc3cc2c1-c1ccccc1-c1c(C#C)ccc2cc3cc4ccccc4cc3cc12. The van der Waals surface area contributed by atoms with Gasteiger partial charge in [-0.05, 0) is 136 Å². The Labute approximate surface area is 267 Å². The van der Waals surface area contributed by atoms with Crippen molar-refractivity contribution in [2.24, 2.45) is 0 Å². The number of fused-ring (bicyclic) bond motifs is 6. The molecule has 0 radical (unpaired) electrons. The fraction of sp³-hybridized carbons (Fsp3) is 0. The molecular weight excluding hydrogens is 553 g/mol. The van der Waals surface area contributed by atoms with Crippen molar-refractivity contribution in [1.29, 1.82) is 0 Å². The summed E-state index contributed by atoms with van der Waals surface area (Å²) in [5, 5.41) is 14.3. The molecule has 0 aliphatic heterocycles. The summed E-state index contributed by atoms with van der Waals surface area (Å²) in [6.45, 7) is 0. The molecule has 0 saturated heterocycles. The molecule has 46 heavy (non-hydrogen) atoms. The molecule has 0 heterocycles. The first-order chi connectivity index (χ1) is 22.7.